The minimum Gasteiger partial charge on any atom is -0.378 e. The molecule has 1 fully saturated rings. The van der Waals surface area contributed by atoms with Gasteiger partial charge in [-0.05, 0) is 5.56 Å². The first-order valence-electron chi connectivity index (χ1n) is 6.38. The Morgan fingerprint density at radius 2 is 2.05 bits per heavy atom. The predicted octanol–water partition coefficient (Wildman–Crippen LogP) is 0.477. The molecule has 1 heterocycles. The van der Waals surface area contributed by atoms with Crippen LogP contribution in [0.1, 0.15) is 11.7 Å². The summed E-state index contributed by atoms with van der Waals surface area (Å²) in [5.74, 6) is -0.135. The molecule has 0 spiro atoms. The van der Waals surface area contributed by atoms with E-state index >= 15 is 0 Å². The number of hydrogen-bond acceptors (Lipinski definition) is 4. The fraction of sp³-hybridized carbons (Fsp3) is 0.500. The number of rotatable bonds is 5. The number of ether oxygens (including phenoxy) is 2. The summed E-state index contributed by atoms with van der Waals surface area (Å²) >= 11 is 0. The van der Waals surface area contributed by atoms with E-state index < -0.39 is 6.10 Å². The van der Waals surface area contributed by atoms with E-state index in [0.717, 1.165) is 18.7 Å². The third-order valence-corrected chi connectivity index (χ3v) is 3.37. The Morgan fingerprint density at radius 3 is 2.68 bits per heavy atom. The number of amides is 1. The molecule has 0 bridgehead atoms. The molecule has 1 aliphatic heterocycles. The van der Waals surface area contributed by atoms with Crippen molar-refractivity contribution in [2.24, 2.45) is 0 Å². The highest BCUT2D eigenvalue weighted by Gasteiger charge is 2.30. The molecule has 19 heavy (non-hydrogen) atoms. The molecule has 1 aromatic rings. The van der Waals surface area contributed by atoms with Gasteiger partial charge in [0.1, 0.15) is 0 Å². The van der Waals surface area contributed by atoms with Gasteiger partial charge in [-0.2, -0.15) is 0 Å². The minimum absolute atomic E-state index is 0.0113. The summed E-state index contributed by atoms with van der Waals surface area (Å²) in [5.41, 5.74) is 0.849. The second-order valence-electron chi connectivity index (χ2n) is 4.57. The maximum absolute atomic E-state index is 12.3. The molecule has 0 radical (unpaired) electrons. The van der Waals surface area contributed by atoms with Crippen LogP contribution in [0.4, 0.5) is 0 Å². The van der Waals surface area contributed by atoms with Crippen molar-refractivity contribution in [3.63, 3.8) is 0 Å². The Balaban J connectivity index is 2.01. The lowest BCUT2D eigenvalue weighted by atomic mass is 10.1. The summed E-state index contributed by atoms with van der Waals surface area (Å²) in [4.78, 5) is 12.3. The molecule has 0 aromatic heterocycles. The van der Waals surface area contributed by atoms with E-state index in [0.29, 0.717) is 0 Å². The maximum Gasteiger partial charge on any atom is 0.254 e. The summed E-state index contributed by atoms with van der Waals surface area (Å²) in [6.45, 7) is 1.47. The quantitative estimate of drug-likeness (QED) is 0.812. The van der Waals surface area contributed by atoms with Crippen LogP contribution in [0.5, 0.6) is 0 Å². The predicted molar refractivity (Wildman–Crippen MR) is 71.8 cm³/mol. The van der Waals surface area contributed by atoms with Crippen molar-refractivity contribution in [1.29, 1.82) is 0 Å². The van der Waals surface area contributed by atoms with Crippen molar-refractivity contribution in [2.75, 3.05) is 27.3 Å². The highest BCUT2D eigenvalue weighted by Crippen LogP contribution is 2.17. The van der Waals surface area contributed by atoms with Gasteiger partial charge in [0.25, 0.3) is 5.91 Å². The monoisotopic (exact) mass is 264 g/mol. The van der Waals surface area contributed by atoms with Gasteiger partial charge >= 0.3 is 0 Å². The molecular weight excluding hydrogens is 244 g/mol. The van der Waals surface area contributed by atoms with Gasteiger partial charge in [0.2, 0.25) is 0 Å². The molecule has 1 aliphatic rings. The van der Waals surface area contributed by atoms with Crippen LogP contribution in [-0.4, -0.2) is 45.4 Å². The molecule has 0 saturated carbocycles. The topological polar surface area (TPSA) is 59.6 Å². The summed E-state index contributed by atoms with van der Waals surface area (Å²) in [6.07, 6.45) is -0.573. The summed E-state index contributed by atoms with van der Waals surface area (Å²) in [6, 6.07) is 9.45. The largest absolute Gasteiger partial charge is 0.378 e. The summed E-state index contributed by atoms with van der Waals surface area (Å²) in [7, 11) is 3.19. The van der Waals surface area contributed by atoms with Crippen molar-refractivity contribution >= 4 is 5.91 Å². The van der Waals surface area contributed by atoms with Crippen molar-refractivity contribution in [2.45, 2.75) is 18.2 Å². The highest BCUT2D eigenvalue weighted by atomic mass is 16.5. The lowest BCUT2D eigenvalue weighted by Crippen LogP contribution is -2.45. The van der Waals surface area contributed by atoms with E-state index in [1.54, 1.807) is 7.11 Å². The Morgan fingerprint density at radius 1 is 1.32 bits per heavy atom. The van der Waals surface area contributed by atoms with E-state index in [-0.39, 0.29) is 18.1 Å². The van der Waals surface area contributed by atoms with E-state index in [1.807, 2.05) is 30.3 Å². The number of benzene rings is 1. The molecule has 1 saturated heterocycles. The molecule has 5 heteroatoms. The van der Waals surface area contributed by atoms with Crippen LogP contribution < -0.4 is 10.6 Å². The van der Waals surface area contributed by atoms with Gasteiger partial charge in [0.15, 0.2) is 6.10 Å². The number of carbonyl (C=O) groups is 1. The zero-order valence-corrected chi connectivity index (χ0v) is 11.3. The third kappa shape index (κ3) is 3.32. The molecule has 0 aliphatic carbocycles. The molecule has 1 amide bonds. The van der Waals surface area contributed by atoms with Gasteiger partial charge < -0.3 is 20.1 Å². The second-order valence-corrected chi connectivity index (χ2v) is 4.57. The third-order valence-electron chi connectivity index (χ3n) is 3.37. The Bertz CT molecular complexity index is 410. The second kappa shape index (κ2) is 6.65. The first-order chi connectivity index (χ1) is 9.26. The normalized spacial score (nSPS) is 24.1. The van der Waals surface area contributed by atoms with Gasteiger partial charge in [0, 0.05) is 27.3 Å². The fourth-order valence-corrected chi connectivity index (χ4v) is 2.33. The molecule has 2 unspecified atom stereocenters. The molecular formula is C14H20N2O3. The summed E-state index contributed by atoms with van der Waals surface area (Å²) in [5, 5.41) is 6.17. The zero-order chi connectivity index (χ0) is 13.7. The van der Waals surface area contributed by atoms with Crippen LogP contribution >= 0.6 is 0 Å². The van der Waals surface area contributed by atoms with Gasteiger partial charge in [-0.1, -0.05) is 30.3 Å². The van der Waals surface area contributed by atoms with Crippen LogP contribution in [0.25, 0.3) is 0 Å². The number of hydrogen-bond donors (Lipinski definition) is 2. The van der Waals surface area contributed by atoms with Gasteiger partial charge in [0.05, 0.1) is 12.1 Å². The van der Waals surface area contributed by atoms with Crippen LogP contribution in [-0.2, 0) is 14.3 Å². The van der Waals surface area contributed by atoms with E-state index in [4.69, 9.17) is 9.47 Å². The van der Waals surface area contributed by atoms with E-state index in [1.165, 1.54) is 7.11 Å². The molecule has 5 nitrogen and oxygen atoms in total. The van der Waals surface area contributed by atoms with Gasteiger partial charge in [-0.25, -0.2) is 0 Å². The molecule has 2 N–H and O–H groups in total. The lowest BCUT2D eigenvalue weighted by molar-refractivity contribution is -0.132. The first kappa shape index (κ1) is 14.0. The number of methoxy groups -OCH3 is 2. The van der Waals surface area contributed by atoms with Crippen molar-refractivity contribution in [1.82, 2.24) is 10.6 Å². The fourth-order valence-electron chi connectivity index (χ4n) is 2.33. The average Bonchev–Trinajstić information content (AvgIpc) is 2.88. The van der Waals surface area contributed by atoms with Gasteiger partial charge in [-0.3, -0.25) is 4.79 Å². The SMILES string of the molecule is COC(C(=O)NC1CNC[C@@H]1OC)c1ccccc1. The Hall–Kier alpha value is -1.43. The van der Waals surface area contributed by atoms with E-state index in [9.17, 15) is 4.79 Å². The van der Waals surface area contributed by atoms with Crippen molar-refractivity contribution in [3.8, 4) is 0 Å². The maximum atomic E-state index is 12.3. The highest BCUT2D eigenvalue weighted by molar-refractivity contribution is 5.82. The summed E-state index contributed by atoms with van der Waals surface area (Å²) < 4.78 is 10.6. The van der Waals surface area contributed by atoms with Crippen molar-refractivity contribution in [3.05, 3.63) is 35.9 Å². The Labute approximate surface area is 113 Å². The molecule has 3 atom stereocenters. The standard InChI is InChI=1S/C14H20N2O3/c1-18-12-9-15-8-11(12)16-14(17)13(19-2)10-6-4-3-5-7-10/h3-7,11-13,15H,8-9H2,1-2H3,(H,16,17)/t11?,12-,13?/m0/s1. The smallest absolute Gasteiger partial charge is 0.254 e. The van der Waals surface area contributed by atoms with E-state index in [2.05, 4.69) is 10.6 Å². The molecule has 104 valence electrons. The zero-order valence-electron chi connectivity index (χ0n) is 11.3. The minimum atomic E-state index is -0.584. The molecule has 1 aromatic carbocycles. The van der Waals surface area contributed by atoms with Crippen LogP contribution in [0.15, 0.2) is 30.3 Å². The average molecular weight is 264 g/mol. The molecule has 2 rings (SSSR count). The van der Waals surface area contributed by atoms with Crippen LogP contribution in [0, 0.1) is 0 Å². The van der Waals surface area contributed by atoms with Crippen molar-refractivity contribution < 1.29 is 14.3 Å². The van der Waals surface area contributed by atoms with Gasteiger partial charge in [-0.15, -0.1) is 0 Å². The number of nitrogens with one attached hydrogen (secondary N) is 2. The van der Waals surface area contributed by atoms with Crippen LogP contribution in [0.3, 0.4) is 0 Å². The Kier molecular flexibility index (Phi) is 4.90. The lowest BCUT2D eigenvalue weighted by Gasteiger charge is -2.22. The number of carbonyl (C=O) groups excluding carboxylic acids is 1. The van der Waals surface area contributed by atoms with Crippen LogP contribution in [0.2, 0.25) is 0 Å². The first-order valence-corrected chi connectivity index (χ1v) is 6.38.